The van der Waals surface area contributed by atoms with E-state index in [1.807, 2.05) is 18.4 Å². The van der Waals surface area contributed by atoms with Crippen LogP contribution in [-0.2, 0) is 11.2 Å². The molecule has 5 heteroatoms. The fourth-order valence-corrected chi connectivity index (χ4v) is 2.67. The summed E-state index contributed by atoms with van der Waals surface area (Å²) in [5, 5.41) is 13.6. The minimum absolute atomic E-state index is 0.149. The Morgan fingerprint density at radius 2 is 2.24 bits per heavy atom. The van der Waals surface area contributed by atoms with Gasteiger partial charge < -0.3 is 10.4 Å². The van der Waals surface area contributed by atoms with Crippen LogP contribution in [-0.4, -0.2) is 23.5 Å². The van der Waals surface area contributed by atoms with Crippen LogP contribution in [0.1, 0.15) is 35.0 Å². The maximum atomic E-state index is 11.9. The highest BCUT2D eigenvalue weighted by Gasteiger charge is 2.50. The van der Waals surface area contributed by atoms with Gasteiger partial charge in [-0.2, -0.15) is 0 Å². The summed E-state index contributed by atoms with van der Waals surface area (Å²) in [4.78, 5) is 23.5. The Morgan fingerprint density at radius 3 is 2.76 bits per heavy atom. The number of rotatable bonds is 5. The van der Waals surface area contributed by atoms with E-state index in [9.17, 15) is 9.59 Å². The molecule has 0 atom stereocenters. The van der Waals surface area contributed by atoms with Crippen molar-refractivity contribution in [2.45, 2.75) is 26.2 Å². The number of amides is 1. The summed E-state index contributed by atoms with van der Waals surface area (Å²) < 4.78 is 0. The van der Waals surface area contributed by atoms with Crippen molar-refractivity contribution in [3.8, 4) is 0 Å². The quantitative estimate of drug-likeness (QED) is 0.842. The van der Waals surface area contributed by atoms with Crippen LogP contribution < -0.4 is 5.32 Å². The molecule has 1 aliphatic carbocycles. The standard InChI is InChI=1S/C12H15NO3S/c1-2-8-3-6-17-9(8)10(14)13-7-12(4-5-12)11(15)16/h3,6H,2,4-5,7H2,1H3,(H,13,14)(H,15,16). The van der Waals surface area contributed by atoms with Crippen LogP contribution >= 0.6 is 11.3 Å². The minimum atomic E-state index is -0.806. The zero-order valence-corrected chi connectivity index (χ0v) is 10.5. The summed E-state index contributed by atoms with van der Waals surface area (Å²) in [6.45, 7) is 2.24. The van der Waals surface area contributed by atoms with Crippen LogP contribution in [0.4, 0.5) is 0 Å². The van der Waals surface area contributed by atoms with E-state index >= 15 is 0 Å². The molecule has 4 nitrogen and oxygen atoms in total. The van der Waals surface area contributed by atoms with Crippen LogP contribution in [0, 0.1) is 5.41 Å². The Kier molecular flexibility index (Phi) is 3.19. The first-order valence-corrected chi connectivity index (χ1v) is 6.55. The van der Waals surface area contributed by atoms with E-state index in [2.05, 4.69) is 5.32 Å². The molecule has 0 bridgehead atoms. The molecule has 1 saturated carbocycles. The summed E-state index contributed by atoms with van der Waals surface area (Å²) in [7, 11) is 0. The first kappa shape index (κ1) is 12.1. The Morgan fingerprint density at radius 1 is 1.53 bits per heavy atom. The molecule has 92 valence electrons. The van der Waals surface area contributed by atoms with Gasteiger partial charge >= 0.3 is 5.97 Å². The lowest BCUT2D eigenvalue weighted by atomic mass is 10.1. The fourth-order valence-electron chi connectivity index (χ4n) is 1.76. The van der Waals surface area contributed by atoms with Gasteiger partial charge in [0.05, 0.1) is 10.3 Å². The molecule has 17 heavy (non-hydrogen) atoms. The number of carbonyl (C=O) groups is 2. The van der Waals surface area contributed by atoms with Gasteiger partial charge in [-0.3, -0.25) is 9.59 Å². The molecule has 1 aromatic rings. The van der Waals surface area contributed by atoms with E-state index in [4.69, 9.17) is 5.11 Å². The SMILES string of the molecule is CCc1ccsc1C(=O)NCC1(C(=O)O)CC1. The molecule has 2 rings (SSSR count). The van der Waals surface area contributed by atoms with E-state index < -0.39 is 11.4 Å². The lowest BCUT2D eigenvalue weighted by Crippen LogP contribution is -2.34. The number of nitrogens with one attached hydrogen (secondary N) is 1. The highest BCUT2D eigenvalue weighted by molar-refractivity contribution is 7.12. The van der Waals surface area contributed by atoms with Gasteiger partial charge in [0.1, 0.15) is 0 Å². The molecular weight excluding hydrogens is 238 g/mol. The lowest BCUT2D eigenvalue weighted by Gasteiger charge is -2.10. The molecule has 1 aliphatic rings. The smallest absolute Gasteiger partial charge is 0.311 e. The third kappa shape index (κ3) is 2.34. The number of carbonyl (C=O) groups excluding carboxylic acids is 1. The summed E-state index contributed by atoms with van der Waals surface area (Å²) in [5.74, 6) is -0.955. The van der Waals surface area contributed by atoms with Crippen molar-refractivity contribution in [1.29, 1.82) is 0 Å². The predicted octanol–water partition coefficient (Wildman–Crippen LogP) is 1.91. The lowest BCUT2D eigenvalue weighted by molar-refractivity contribution is -0.143. The summed E-state index contributed by atoms with van der Waals surface area (Å²) in [6, 6.07) is 1.93. The molecule has 0 aliphatic heterocycles. The van der Waals surface area contributed by atoms with Gasteiger partial charge in [-0.1, -0.05) is 6.92 Å². The second-order valence-corrected chi connectivity index (χ2v) is 5.31. The molecule has 1 heterocycles. The second-order valence-electron chi connectivity index (χ2n) is 4.40. The average Bonchev–Trinajstić information content (AvgIpc) is 2.96. The highest BCUT2D eigenvalue weighted by Crippen LogP contribution is 2.45. The van der Waals surface area contributed by atoms with Crippen molar-refractivity contribution in [1.82, 2.24) is 5.32 Å². The van der Waals surface area contributed by atoms with Crippen molar-refractivity contribution >= 4 is 23.2 Å². The number of hydrogen-bond acceptors (Lipinski definition) is 3. The first-order chi connectivity index (χ1) is 8.09. The van der Waals surface area contributed by atoms with Crippen molar-refractivity contribution in [3.05, 3.63) is 21.9 Å². The van der Waals surface area contributed by atoms with Crippen LogP contribution in [0.5, 0.6) is 0 Å². The van der Waals surface area contributed by atoms with Crippen LogP contribution in [0.15, 0.2) is 11.4 Å². The molecule has 0 aromatic carbocycles. The van der Waals surface area contributed by atoms with Gasteiger partial charge in [0, 0.05) is 6.54 Å². The van der Waals surface area contributed by atoms with E-state index in [1.54, 1.807) is 0 Å². The van der Waals surface area contributed by atoms with Gasteiger partial charge in [0.25, 0.3) is 5.91 Å². The Bertz CT molecular complexity index is 448. The zero-order valence-electron chi connectivity index (χ0n) is 9.66. The average molecular weight is 253 g/mol. The van der Waals surface area contributed by atoms with Crippen LogP contribution in [0.25, 0.3) is 0 Å². The normalized spacial score (nSPS) is 16.5. The number of thiophene rings is 1. The van der Waals surface area contributed by atoms with E-state index in [-0.39, 0.29) is 12.5 Å². The van der Waals surface area contributed by atoms with Crippen molar-refractivity contribution in [3.63, 3.8) is 0 Å². The minimum Gasteiger partial charge on any atom is -0.481 e. The zero-order chi connectivity index (χ0) is 12.5. The largest absolute Gasteiger partial charge is 0.481 e. The van der Waals surface area contributed by atoms with Crippen LogP contribution in [0.3, 0.4) is 0 Å². The number of aryl methyl sites for hydroxylation is 1. The van der Waals surface area contributed by atoms with Gasteiger partial charge in [0.2, 0.25) is 0 Å². The molecule has 0 unspecified atom stereocenters. The van der Waals surface area contributed by atoms with Gasteiger partial charge in [-0.05, 0) is 36.3 Å². The Balaban J connectivity index is 1.96. The fraction of sp³-hybridized carbons (Fsp3) is 0.500. The molecule has 1 fully saturated rings. The molecule has 1 amide bonds. The first-order valence-electron chi connectivity index (χ1n) is 5.67. The monoisotopic (exact) mass is 253 g/mol. The van der Waals surface area contributed by atoms with Gasteiger partial charge in [0.15, 0.2) is 0 Å². The maximum absolute atomic E-state index is 11.9. The molecular formula is C12H15NO3S. The predicted molar refractivity (Wildman–Crippen MR) is 65.3 cm³/mol. The maximum Gasteiger partial charge on any atom is 0.311 e. The Labute approximate surface area is 104 Å². The third-order valence-electron chi connectivity index (χ3n) is 3.23. The number of aliphatic carboxylic acids is 1. The molecule has 2 N–H and O–H groups in total. The second kappa shape index (κ2) is 4.49. The van der Waals surface area contributed by atoms with E-state index in [0.717, 1.165) is 12.0 Å². The number of carboxylic acids is 1. The van der Waals surface area contributed by atoms with Crippen molar-refractivity contribution in [2.24, 2.45) is 5.41 Å². The molecule has 0 spiro atoms. The van der Waals surface area contributed by atoms with Gasteiger partial charge in [-0.25, -0.2) is 0 Å². The summed E-state index contributed by atoms with van der Waals surface area (Å²) >= 11 is 1.40. The van der Waals surface area contributed by atoms with Crippen LogP contribution in [0.2, 0.25) is 0 Å². The molecule has 1 aromatic heterocycles. The number of hydrogen-bond donors (Lipinski definition) is 2. The van der Waals surface area contributed by atoms with Crippen molar-refractivity contribution in [2.75, 3.05) is 6.54 Å². The third-order valence-corrected chi connectivity index (χ3v) is 4.18. The highest BCUT2D eigenvalue weighted by atomic mass is 32.1. The van der Waals surface area contributed by atoms with E-state index in [0.29, 0.717) is 17.7 Å². The Hall–Kier alpha value is -1.36. The molecule has 0 saturated heterocycles. The summed E-state index contributed by atoms with van der Waals surface area (Å²) in [6.07, 6.45) is 2.14. The molecule has 0 radical (unpaired) electrons. The van der Waals surface area contributed by atoms with E-state index in [1.165, 1.54) is 11.3 Å². The van der Waals surface area contributed by atoms with Crippen molar-refractivity contribution < 1.29 is 14.7 Å². The summed E-state index contributed by atoms with van der Waals surface area (Å²) in [5.41, 5.74) is 0.326. The van der Waals surface area contributed by atoms with Gasteiger partial charge in [-0.15, -0.1) is 11.3 Å². The topological polar surface area (TPSA) is 66.4 Å². The number of carboxylic acid groups (broad SMARTS) is 1.